The van der Waals surface area contributed by atoms with E-state index in [0.717, 1.165) is 12.1 Å². The monoisotopic (exact) mass is 502 g/mol. The van der Waals surface area contributed by atoms with Crippen molar-refractivity contribution >= 4 is 10.0 Å². The van der Waals surface area contributed by atoms with Gasteiger partial charge in [-0.1, -0.05) is 84.4 Å². The Morgan fingerprint density at radius 2 is 1.64 bits per heavy atom. The van der Waals surface area contributed by atoms with Crippen LogP contribution in [0.5, 0.6) is 0 Å². The van der Waals surface area contributed by atoms with Gasteiger partial charge in [0.1, 0.15) is 0 Å². The number of benzene rings is 3. The standard InChI is InChI=1S/C30H34N2O3S/c1-22-9-8-11-26(19-22)24-13-15-25(16-14-24)30-27-20-31(17-6-7-18-32(27)28(30)21-35-3)36(33,34)29-12-5-4-10-23(29)2/h4-16,19,27-28,30H,17-18,20-21H2,1-3H3/b7-6-/t27-,28+,30?/m0/s1. The van der Waals surface area contributed by atoms with E-state index in [1.165, 1.54) is 22.3 Å². The van der Waals surface area contributed by atoms with Crippen molar-refractivity contribution in [1.29, 1.82) is 0 Å². The molecule has 0 aromatic heterocycles. The smallest absolute Gasteiger partial charge is 0.243 e. The second-order valence-corrected chi connectivity index (χ2v) is 11.8. The molecule has 2 aliphatic heterocycles. The van der Waals surface area contributed by atoms with Crippen LogP contribution in [0.3, 0.4) is 0 Å². The predicted octanol–water partition coefficient (Wildman–Crippen LogP) is 5.01. The van der Waals surface area contributed by atoms with Crippen LogP contribution in [0.1, 0.15) is 22.6 Å². The zero-order valence-electron chi connectivity index (χ0n) is 21.2. The number of aryl methyl sites for hydroxylation is 2. The summed E-state index contributed by atoms with van der Waals surface area (Å²) in [4.78, 5) is 2.77. The molecule has 1 fully saturated rings. The van der Waals surface area contributed by atoms with Crippen molar-refractivity contribution in [3.05, 3.63) is 102 Å². The third-order valence-corrected chi connectivity index (χ3v) is 9.55. The number of methoxy groups -OCH3 is 1. The zero-order chi connectivity index (χ0) is 25.3. The second-order valence-electron chi connectivity index (χ2n) is 9.86. The van der Waals surface area contributed by atoms with Crippen LogP contribution >= 0.6 is 0 Å². The maximum absolute atomic E-state index is 13.7. The molecule has 0 amide bonds. The summed E-state index contributed by atoms with van der Waals surface area (Å²) >= 11 is 0. The minimum absolute atomic E-state index is 0.0821. The van der Waals surface area contributed by atoms with E-state index >= 15 is 0 Å². The van der Waals surface area contributed by atoms with E-state index in [9.17, 15) is 8.42 Å². The van der Waals surface area contributed by atoms with Gasteiger partial charge in [0.05, 0.1) is 11.5 Å². The van der Waals surface area contributed by atoms with Gasteiger partial charge in [-0.25, -0.2) is 8.42 Å². The molecule has 2 heterocycles. The molecule has 1 saturated heterocycles. The lowest BCUT2D eigenvalue weighted by atomic mass is 9.74. The van der Waals surface area contributed by atoms with Gasteiger partial charge in [0.15, 0.2) is 0 Å². The molecule has 0 bridgehead atoms. The lowest BCUT2D eigenvalue weighted by Crippen LogP contribution is -2.67. The topological polar surface area (TPSA) is 49.9 Å². The molecule has 6 heteroatoms. The highest BCUT2D eigenvalue weighted by Gasteiger charge is 2.50. The summed E-state index contributed by atoms with van der Waals surface area (Å²) in [5.74, 6) is 0.192. The second kappa shape index (κ2) is 10.3. The van der Waals surface area contributed by atoms with Crippen LogP contribution in [0.25, 0.3) is 11.1 Å². The normalized spacial score (nSPS) is 23.8. The Morgan fingerprint density at radius 3 is 2.36 bits per heavy atom. The lowest BCUT2D eigenvalue weighted by molar-refractivity contribution is -0.0508. The maximum Gasteiger partial charge on any atom is 0.243 e. The van der Waals surface area contributed by atoms with Crippen LogP contribution in [0.2, 0.25) is 0 Å². The number of nitrogens with zero attached hydrogens (tertiary/aromatic N) is 2. The Kier molecular flexibility index (Phi) is 7.13. The first-order chi connectivity index (χ1) is 17.4. The van der Waals surface area contributed by atoms with E-state index in [1.54, 1.807) is 23.5 Å². The quantitative estimate of drug-likeness (QED) is 0.445. The number of hydrogen-bond donors (Lipinski definition) is 0. The summed E-state index contributed by atoms with van der Waals surface area (Å²) in [5, 5.41) is 0. The SMILES string of the molecule is COC[C@@H]1C(c2ccc(-c3cccc(C)c3)cc2)[C@@H]2CN(S(=O)(=O)c3ccccc3C)C/C=C\CN12. The van der Waals surface area contributed by atoms with Gasteiger partial charge in [0.2, 0.25) is 10.0 Å². The van der Waals surface area contributed by atoms with Crippen molar-refractivity contribution in [2.24, 2.45) is 0 Å². The lowest BCUT2D eigenvalue weighted by Gasteiger charge is -2.56. The van der Waals surface area contributed by atoms with Crippen LogP contribution in [0, 0.1) is 13.8 Å². The average Bonchev–Trinajstić information content (AvgIpc) is 2.85. The number of ether oxygens (including phenoxy) is 1. The van der Waals surface area contributed by atoms with Crippen molar-refractivity contribution in [2.45, 2.75) is 36.7 Å². The molecule has 188 valence electrons. The van der Waals surface area contributed by atoms with Crippen LogP contribution in [-0.4, -0.2) is 63.1 Å². The predicted molar refractivity (Wildman–Crippen MR) is 145 cm³/mol. The number of fused-ring (bicyclic) bond motifs is 1. The Balaban J connectivity index is 1.46. The average molecular weight is 503 g/mol. The molecular weight excluding hydrogens is 468 g/mol. The molecule has 0 radical (unpaired) electrons. The van der Waals surface area contributed by atoms with E-state index in [2.05, 4.69) is 66.4 Å². The fourth-order valence-electron chi connectivity index (χ4n) is 5.69. The van der Waals surface area contributed by atoms with Crippen molar-refractivity contribution < 1.29 is 13.2 Å². The van der Waals surface area contributed by atoms with E-state index in [-0.39, 0.29) is 18.0 Å². The summed E-state index contributed by atoms with van der Waals surface area (Å²) in [6.07, 6.45) is 4.06. The van der Waals surface area contributed by atoms with Gasteiger partial charge in [0.25, 0.3) is 0 Å². The van der Waals surface area contributed by atoms with Crippen LogP contribution in [0.15, 0.2) is 89.8 Å². The molecule has 3 aromatic rings. The molecule has 5 rings (SSSR count). The molecule has 1 unspecified atom stereocenters. The summed E-state index contributed by atoms with van der Waals surface area (Å²) in [7, 11) is -1.88. The third-order valence-electron chi connectivity index (χ3n) is 7.56. The van der Waals surface area contributed by atoms with Crippen molar-refractivity contribution in [1.82, 2.24) is 9.21 Å². The Bertz CT molecular complexity index is 1350. The molecular formula is C30H34N2O3S. The Labute approximate surface area is 215 Å². The Hall–Kier alpha value is -2.77. The first-order valence-electron chi connectivity index (χ1n) is 12.5. The fourth-order valence-corrected chi connectivity index (χ4v) is 7.33. The molecule has 36 heavy (non-hydrogen) atoms. The van der Waals surface area contributed by atoms with Crippen LogP contribution in [-0.2, 0) is 14.8 Å². The van der Waals surface area contributed by atoms with E-state index in [4.69, 9.17) is 4.74 Å². The minimum Gasteiger partial charge on any atom is -0.383 e. The molecule has 5 nitrogen and oxygen atoms in total. The first kappa shape index (κ1) is 24.9. The summed E-state index contributed by atoms with van der Waals surface area (Å²) < 4.78 is 34.6. The van der Waals surface area contributed by atoms with Gasteiger partial charge in [-0.05, 0) is 42.2 Å². The third kappa shape index (κ3) is 4.66. The van der Waals surface area contributed by atoms with Crippen molar-refractivity contribution in [3.8, 4) is 11.1 Å². The molecule has 2 aliphatic rings. The molecule has 0 N–H and O–H groups in total. The highest BCUT2D eigenvalue weighted by atomic mass is 32.2. The van der Waals surface area contributed by atoms with Gasteiger partial charge in [0, 0.05) is 44.7 Å². The van der Waals surface area contributed by atoms with Gasteiger partial charge in [-0.15, -0.1) is 0 Å². The largest absolute Gasteiger partial charge is 0.383 e. The van der Waals surface area contributed by atoms with Crippen molar-refractivity contribution in [3.63, 3.8) is 0 Å². The molecule has 0 aliphatic carbocycles. The molecule has 3 atom stereocenters. The van der Waals surface area contributed by atoms with Crippen LogP contribution < -0.4 is 0 Å². The minimum atomic E-state index is -3.61. The van der Waals surface area contributed by atoms with E-state index < -0.39 is 10.0 Å². The number of hydrogen-bond acceptors (Lipinski definition) is 4. The van der Waals surface area contributed by atoms with Gasteiger partial charge >= 0.3 is 0 Å². The molecule has 3 aromatic carbocycles. The number of sulfonamides is 1. The number of rotatable bonds is 6. The zero-order valence-corrected chi connectivity index (χ0v) is 22.0. The fraction of sp³-hybridized carbons (Fsp3) is 0.333. The summed E-state index contributed by atoms with van der Waals surface area (Å²) in [6.45, 7) is 6.21. The molecule has 0 spiro atoms. The highest BCUT2D eigenvalue weighted by Crippen LogP contribution is 2.43. The highest BCUT2D eigenvalue weighted by molar-refractivity contribution is 7.89. The van der Waals surface area contributed by atoms with Gasteiger partial charge in [-0.3, -0.25) is 4.90 Å². The van der Waals surface area contributed by atoms with Gasteiger partial charge < -0.3 is 4.74 Å². The van der Waals surface area contributed by atoms with E-state index in [0.29, 0.717) is 24.6 Å². The van der Waals surface area contributed by atoms with Crippen LogP contribution in [0.4, 0.5) is 0 Å². The Morgan fingerprint density at radius 1 is 0.889 bits per heavy atom. The molecule has 0 saturated carbocycles. The van der Waals surface area contributed by atoms with Crippen molar-refractivity contribution in [2.75, 3.05) is 33.4 Å². The summed E-state index contributed by atoms with van der Waals surface area (Å²) in [5.41, 5.74) is 5.63. The maximum atomic E-state index is 13.7. The summed E-state index contributed by atoms with van der Waals surface area (Å²) in [6, 6.07) is 24.8. The van der Waals surface area contributed by atoms with Gasteiger partial charge in [-0.2, -0.15) is 4.31 Å². The first-order valence-corrected chi connectivity index (χ1v) is 14.0. The van der Waals surface area contributed by atoms with E-state index in [1.807, 2.05) is 25.1 Å².